The van der Waals surface area contributed by atoms with E-state index in [-0.39, 0.29) is 30.1 Å². The van der Waals surface area contributed by atoms with Crippen molar-refractivity contribution in [3.63, 3.8) is 0 Å². The largest absolute Gasteiger partial charge is 0.365 e. The molecule has 2 aliphatic heterocycles. The number of nitrogens with zero attached hydrogens (tertiary/aromatic N) is 2. The van der Waals surface area contributed by atoms with E-state index in [0.717, 1.165) is 38.4 Å². The lowest BCUT2D eigenvalue weighted by Gasteiger charge is -2.38. The number of aromatic nitrogens is 1. The van der Waals surface area contributed by atoms with Crippen molar-refractivity contribution >= 4 is 11.8 Å². The highest BCUT2D eigenvalue weighted by Crippen LogP contribution is 2.31. The molecule has 0 bridgehead atoms. The molecule has 1 aromatic rings. The van der Waals surface area contributed by atoms with Crippen molar-refractivity contribution in [2.75, 3.05) is 45.9 Å². The van der Waals surface area contributed by atoms with Gasteiger partial charge in [0, 0.05) is 43.5 Å². The molecule has 1 aliphatic carbocycles. The quantitative estimate of drug-likeness (QED) is 0.685. The molecule has 3 fully saturated rings. The predicted octanol–water partition coefficient (Wildman–Crippen LogP) is 0.763. The number of rotatable bonds is 7. The van der Waals surface area contributed by atoms with Crippen LogP contribution in [-0.2, 0) is 9.53 Å². The van der Waals surface area contributed by atoms with E-state index >= 15 is 0 Å². The number of morpholine rings is 1. The third-order valence-corrected chi connectivity index (χ3v) is 6.35. The van der Waals surface area contributed by atoms with E-state index in [1.165, 1.54) is 25.5 Å². The second-order valence-electron chi connectivity index (χ2n) is 9.05. The van der Waals surface area contributed by atoms with Gasteiger partial charge in [-0.15, -0.1) is 0 Å². The Kier molecular flexibility index (Phi) is 6.53. The van der Waals surface area contributed by atoms with Crippen molar-refractivity contribution in [3.8, 4) is 0 Å². The van der Waals surface area contributed by atoms with Crippen LogP contribution < -0.4 is 10.9 Å². The standard InChI is InChI=1S/C22H32N4O4/c1-15-8-18(9-20(27)24-15)22(29)23-10-19-13-26(21(28)14-30-19)12-17-4-6-25(7-5-17)11-16-2-3-16/h8-9,16-17,19H,2-7,10-14H2,1H3,(H,23,29)(H,24,27)/t19-/m1/s1. The number of nitrogens with one attached hydrogen (secondary N) is 2. The molecule has 164 valence electrons. The first-order chi connectivity index (χ1) is 14.5. The number of ether oxygens (including phenoxy) is 1. The van der Waals surface area contributed by atoms with E-state index in [2.05, 4.69) is 15.2 Å². The lowest BCUT2D eigenvalue weighted by Crippen LogP contribution is -2.52. The Labute approximate surface area is 177 Å². The molecule has 3 aliphatic rings. The predicted molar refractivity (Wildman–Crippen MR) is 112 cm³/mol. The maximum atomic E-state index is 12.4. The van der Waals surface area contributed by atoms with E-state index in [1.54, 1.807) is 13.0 Å². The summed E-state index contributed by atoms with van der Waals surface area (Å²) in [6.07, 6.45) is 4.83. The molecule has 2 N–H and O–H groups in total. The van der Waals surface area contributed by atoms with Crippen LogP contribution in [0.15, 0.2) is 16.9 Å². The number of carbonyl (C=O) groups excluding carboxylic acids is 2. The lowest BCUT2D eigenvalue weighted by atomic mass is 9.95. The molecule has 4 rings (SSSR count). The number of amides is 2. The van der Waals surface area contributed by atoms with Crippen molar-refractivity contribution in [3.05, 3.63) is 33.7 Å². The maximum absolute atomic E-state index is 12.4. The van der Waals surface area contributed by atoms with Crippen molar-refractivity contribution in [2.45, 2.75) is 38.7 Å². The Morgan fingerprint density at radius 3 is 2.57 bits per heavy atom. The van der Waals surface area contributed by atoms with Crippen molar-refractivity contribution in [2.24, 2.45) is 11.8 Å². The summed E-state index contributed by atoms with van der Waals surface area (Å²) in [5, 5.41) is 2.83. The van der Waals surface area contributed by atoms with Crippen LogP contribution in [-0.4, -0.2) is 78.6 Å². The number of carbonyl (C=O) groups is 2. The summed E-state index contributed by atoms with van der Waals surface area (Å²) in [6, 6.07) is 2.93. The molecule has 30 heavy (non-hydrogen) atoms. The number of hydrogen-bond donors (Lipinski definition) is 2. The Morgan fingerprint density at radius 2 is 1.87 bits per heavy atom. The highest BCUT2D eigenvalue weighted by molar-refractivity contribution is 5.94. The molecular weight excluding hydrogens is 384 g/mol. The average molecular weight is 417 g/mol. The molecule has 2 saturated heterocycles. The summed E-state index contributed by atoms with van der Waals surface area (Å²) in [7, 11) is 0. The highest BCUT2D eigenvalue weighted by Gasteiger charge is 2.31. The van der Waals surface area contributed by atoms with Gasteiger partial charge in [-0.25, -0.2) is 0 Å². The normalized spacial score (nSPS) is 23.6. The van der Waals surface area contributed by atoms with E-state index in [9.17, 15) is 14.4 Å². The summed E-state index contributed by atoms with van der Waals surface area (Å²) in [5.41, 5.74) is 0.675. The van der Waals surface area contributed by atoms with Crippen LogP contribution >= 0.6 is 0 Å². The van der Waals surface area contributed by atoms with Crippen LogP contribution in [0.25, 0.3) is 0 Å². The molecule has 2 amide bonds. The zero-order valence-corrected chi connectivity index (χ0v) is 17.7. The first-order valence-corrected chi connectivity index (χ1v) is 11.1. The first-order valence-electron chi connectivity index (χ1n) is 11.1. The number of pyridine rings is 1. The number of H-pyrrole nitrogens is 1. The highest BCUT2D eigenvalue weighted by atomic mass is 16.5. The molecule has 3 heterocycles. The summed E-state index contributed by atoms with van der Waals surface area (Å²) in [5.74, 6) is 1.19. The molecule has 0 spiro atoms. The molecule has 1 aromatic heterocycles. The minimum Gasteiger partial charge on any atom is -0.365 e. The van der Waals surface area contributed by atoms with Gasteiger partial charge in [-0.3, -0.25) is 14.4 Å². The van der Waals surface area contributed by atoms with Crippen LogP contribution in [0.1, 0.15) is 41.7 Å². The van der Waals surface area contributed by atoms with Gasteiger partial charge in [0.15, 0.2) is 0 Å². The van der Waals surface area contributed by atoms with Gasteiger partial charge in [0.2, 0.25) is 11.5 Å². The van der Waals surface area contributed by atoms with Gasteiger partial charge in [-0.2, -0.15) is 0 Å². The number of piperidine rings is 1. The second kappa shape index (κ2) is 9.31. The topological polar surface area (TPSA) is 94.7 Å². The lowest BCUT2D eigenvalue weighted by molar-refractivity contribution is -0.149. The molecule has 8 heteroatoms. The Balaban J connectivity index is 1.23. The molecule has 0 aromatic carbocycles. The summed E-state index contributed by atoms with van der Waals surface area (Å²) in [4.78, 5) is 43.4. The number of aryl methyl sites for hydroxylation is 1. The molecule has 0 radical (unpaired) electrons. The van der Waals surface area contributed by atoms with Crippen LogP contribution in [0.4, 0.5) is 0 Å². The molecule has 1 saturated carbocycles. The van der Waals surface area contributed by atoms with Crippen LogP contribution in [0.2, 0.25) is 0 Å². The molecule has 8 nitrogen and oxygen atoms in total. The fraction of sp³-hybridized carbons (Fsp3) is 0.682. The van der Waals surface area contributed by atoms with Crippen molar-refractivity contribution in [1.82, 2.24) is 20.1 Å². The maximum Gasteiger partial charge on any atom is 0.251 e. The van der Waals surface area contributed by atoms with Gasteiger partial charge in [-0.05, 0) is 63.6 Å². The van der Waals surface area contributed by atoms with Crippen LogP contribution in [0, 0.1) is 18.8 Å². The smallest absolute Gasteiger partial charge is 0.251 e. The first kappa shape index (κ1) is 21.1. The van der Waals surface area contributed by atoms with Gasteiger partial charge in [0.25, 0.3) is 5.91 Å². The molecule has 1 atom stereocenters. The third-order valence-electron chi connectivity index (χ3n) is 6.35. The zero-order valence-electron chi connectivity index (χ0n) is 17.7. The van der Waals surface area contributed by atoms with E-state index in [1.807, 2.05) is 4.90 Å². The number of hydrogen-bond acceptors (Lipinski definition) is 5. The van der Waals surface area contributed by atoms with Crippen LogP contribution in [0.3, 0.4) is 0 Å². The van der Waals surface area contributed by atoms with Crippen LogP contribution in [0.5, 0.6) is 0 Å². The fourth-order valence-corrected chi connectivity index (χ4v) is 4.43. The van der Waals surface area contributed by atoms with Gasteiger partial charge in [0.05, 0.1) is 6.10 Å². The summed E-state index contributed by atoms with van der Waals surface area (Å²) < 4.78 is 5.63. The molecule has 0 unspecified atom stereocenters. The van der Waals surface area contributed by atoms with E-state index in [0.29, 0.717) is 30.3 Å². The minimum atomic E-state index is -0.306. The SMILES string of the molecule is Cc1cc(C(=O)NC[C@@H]2CN(CC3CCN(CC4CC4)CC3)C(=O)CO2)cc(=O)[nH]1. The van der Waals surface area contributed by atoms with E-state index < -0.39 is 0 Å². The summed E-state index contributed by atoms with van der Waals surface area (Å²) >= 11 is 0. The second-order valence-corrected chi connectivity index (χ2v) is 9.05. The van der Waals surface area contributed by atoms with Crippen molar-refractivity contribution < 1.29 is 14.3 Å². The van der Waals surface area contributed by atoms with E-state index in [4.69, 9.17) is 4.74 Å². The monoisotopic (exact) mass is 416 g/mol. The average Bonchev–Trinajstić information content (AvgIpc) is 3.53. The zero-order chi connectivity index (χ0) is 21.1. The number of aromatic amines is 1. The van der Waals surface area contributed by atoms with Gasteiger partial charge >= 0.3 is 0 Å². The summed E-state index contributed by atoms with van der Waals surface area (Å²) in [6.45, 7) is 6.90. The Hall–Kier alpha value is -2.19. The van der Waals surface area contributed by atoms with Gasteiger partial charge in [0.1, 0.15) is 6.61 Å². The fourth-order valence-electron chi connectivity index (χ4n) is 4.43. The van der Waals surface area contributed by atoms with Gasteiger partial charge in [-0.1, -0.05) is 0 Å². The Morgan fingerprint density at radius 1 is 1.13 bits per heavy atom. The van der Waals surface area contributed by atoms with Gasteiger partial charge < -0.3 is 24.8 Å². The third kappa shape index (κ3) is 5.70. The number of likely N-dealkylation sites (tertiary alicyclic amines) is 1. The minimum absolute atomic E-state index is 0.0307. The molecular formula is C22H32N4O4. The van der Waals surface area contributed by atoms with Crippen molar-refractivity contribution in [1.29, 1.82) is 0 Å². The Bertz CT molecular complexity index is 827.